The molecule has 0 saturated heterocycles. The number of benzene rings is 3. The van der Waals surface area contributed by atoms with Gasteiger partial charge in [0.05, 0.1) is 17.1 Å². The quantitative estimate of drug-likeness (QED) is 0.359. The predicted octanol–water partition coefficient (Wildman–Crippen LogP) is 3.41. The van der Waals surface area contributed by atoms with Crippen molar-refractivity contribution in [3.63, 3.8) is 0 Å². The van der Waals surface area contributed by atoms with E-state index in [1.807, 2.05) is 24.3 Å². The Hall–Kier alpha value is -4.17. The maximum absolute atomic E-state index is 13.1. The van der Waals surface area contributed by atoms with Crippen LogP contribution in [-0.2, 0) is 6.42 Å². The van der Waals surface area contributed by atoms with E-state index < -0.39 is 5.91 Å². The molecule has 0 bridgehead atoms. The Morgan fingerprint density at radius 1 is 1.00 bits per heavy atom. The summed E-state index contributed by atoms with van der Waals surface area (Å²) >= 11 is 0. The van der Waals surface area contributed by atoms with Gasteiger partial charge >= 0.3 is 0 Å². The van der Waals surface area contributed by atoms with E-state index in [2.05, 4.69) is 15.3 Å². The summed E-state index contributed by atoms with van der Waals surface area (Å²) in [5.74, 6) is -0.540. The second-order valence-electron chi connectivity index (χ2n) is 7.57. The van der Waals surface area contributed by atoms with E-state index in [1.165, 1.54) is 30.6 Å². The molecule has 1 amide bonds. The molecule has 4 rings (SSSR count). The van der Waals surface area contributed by atoms with Crippen LogP contribution in [0, 0.1) is 5.82 Å². The highest BCUT2D eigenvalue weighted by molar-refractivity contribution is 6.06. The van der Waals surface area contributed by atoms with Crippen molar-refractivity contribution >= 4 is 28.4 Å². The Bertz CT molecular complexity index is 1320. The molecule has 1 aromatic heterocycles. The second kappa shape index (κ2) is 9.54. The maximum atomic E-state index is 13.1. The molecule has 1 atom stereocenters. The fraction of sp³-hybridized carbons (Fsp3) is 0.120. The average molecular weight is 443 g/mol. The number of fused-ring (bicyclic) bond motifs is 1. The van der Waals surface area contributed by atoms with Gasteiger partial charge < -0.3 is 16.8 Å². The first kappa shape index (κ1) is 22.0. The zero-order chi connectivity index (χ0) is 23.4. The molecule has 4 aromatic rings. The van der Waals surface area contributed by atoms with Crippen molar-refractivity contribution in [3.05, 3.63) is 101 Å². The van der Waals surface area contributed by atoms with Crippen LogP contribution < -0.4 is 16.8 Å². The van der Waals surface area contributed by atoms with Crippen LogP contribution in [0.4, 0.5) is 10.2 Å². The van der Waals surface area contributed by atoms with Gasteiger partial charge in [0.2, 0.25) is 0 Å². The van der Waals surface area contributed by atoms with E-state index >= 15 is 0 Å². The highest BCUT2D eigenvalue weighted by Crippen LogP contribution is 2.26. The number of ketones is 1. The minimum atomic E-state index is -0.570. The molecule has 7 nitrogen and oxygen atoms in total. The standard InChI is InChI=1S/C25H22FN5O2/c26-18-9-7-16(8-10-18)22(32)12-15-3-1-4-17(11-15)21(13-27)31-25-20-6-2-5-19(24(28)33)23(20)29-14-30-25/h1-11,14,21H,12-13,27H2,(H2,28,33)(H,29,30,31). The number of hydrogen-bond acceptors (Lipinski definition) is 6. The second-order valence-corrected chi connectivity index (χ2v) is 7.57. The number of Topliss-reactive ketones (excluding diaryl/α,β-unsaturated/α-hetero) is 1. The smallest absolute Gasteiger partial charge is 0.250 e. The molecule has 0 aliphatic heterocycles. The van der Waals surface area contributed by atoms with Crippen LogP contribution in [0.15, 0.2) is 73.1 Å². The fourth-order valence-electron chi connectivity index (χ4n) is 3.69. The van der Waals surface area contributed by atoms with Crippen molar-refractivity contribution in [2.75, 3.05) is 11.9 Å². The number of rotatable bonds is 8. The first-order chi connectivity index (χ1) is 16.0. The van der Waals surface area contributed by atoms with Crippen molar-refractivity contribution in [1.82, 2.24) is 9.97 Å². The number of nitrogens with one attached hydrogen (secondary N) is 1. The highest BCUT2D eigenvalue weighted by Gasteiger charge is 2.16. The van der Waals surface area contributed by atoms with Gasteiger partial charge in [-0.25, -0.2) is 14.4 Å². The van der Waals surface area contributed by atoms with Gasteiger partial charge in [0.1, 0.15) is 18.0 Å². The summed E-state index contributed by atoms with van der Waals surface area (Å²) in [7, 11) is 0. The molecule has 5 N–H and O–H groups in total. The summed E-state index contributed by atoms with van der Waals surface area (Å²) in [5.41, 5.74) is 14.4. The van der Waals surface area contributed by atoms with Crippen LogP contribution in [0.2, 0.25) is 0 Å². The monoisotopic (exact) mass is 443 g/mol. The van der Waals surface area contributed by atoms with E-state index in [4.69, 9.17) is 11.5 Å². The Balaban J connectivity index is 1.59. The summed E-state index contributed by atoms with van der Waals surface area (Å²) in [5, 5.41) is 3.97. The van der Waals surface area contributed by atoms with Gasteiger partial charge in [0.25, 0.3) is 5.91 Å². The lowest BCUT2D eigenvalue weighted by atomic mass is 9.98. The van der Waals surface area contributed by atoms with E-state index in [9.17, 15) is 14.0 Å². The van der Waals surface area contributed by atoms with Crippen molar-refractivity contribution in [2.45, 2.75) is 12.5 Å². The highest BCUT2D eigenvalue weighted by atomic mass is 19.1. The van der Waals surface area contributed by atoms with Crippen molar-refractivity contribution < 1.29 is 14.0 Å². The summed E-state index contributed by atoms with van der Waals surface area (Å²) in [6.45, 7) is 0.260. The fourth-order valence-corrected chi connectivity index (χ4v) is 3.69. The third kappa shape index (κ3) is 4.86. The first-order valence-corrected chi connectivity index (χ1v) is 10.3. The topological polar surface area (TPSA) is 124 Å². The maximum Gasteiger partial charge on any atom is 0.250 e. The van der Waals surface area contributed by atoms with E-state index in [1.54, 1.807) is 18.2 Å². The molecule has 1 unspecified atom stereocenters. The minimum Gasteiger partial charge on any atom is -0.366 e. The Morgan fingerprint density at radius 3 is 2.48 bits per heavy atom. The van der Waals surface area contributed by atoms with E-state index in [0.29, 0.717) is 27.8 Å². The van der Waals surface area contributed by atoms with Crippen molar-refractivity contribution in [3.8, 4) is 0 Å². The molecule has 0 aliphatic carbocycles. The summed E-state index contributed by atoms with van der Waals surface area (Å²) in [6, 6.07) is 17.9. The van der Waals surface area contributed by atoms with E-state index in [0.717, 1.165) is 11.1 Å². The number of amides is 1. The molecular weight excluding hydrogens is 421 g/mol. The van der Waals surface area contributed by atoms with Gasteiger partial charge in [-0.3, -0.25) is 9.59 Å². The number of carbonyl (C=O) groups is 2. The number of carbonyl (C=O) groups excluding carboxylic acids is 2. The Labute approximate surface area is 189 Å². The zero-order valence-corrected chi connectivity index (χ0v) is 17.7. The molecule has 33 heavy (non-hydrogen) atoms. The summed E-state index contributed by atoms with van der Waals surface area (Å²) in [4.78, 5) is 32.9. The lowest BCUT2D eigenvalue weighted by Crippen LogP contribution is -2.22. The van der Waals surface area contributed by atoms with Crippen molar-refractivity contribution in [2.24, 2.45) is 11.5 Å². The minimum absolute atomic E-state index is 0.106. The molecule has 3 aromatic carbocycles. The number of nitrogens with zero attached hydrogens (tertiary/aromatic N) is 2. The number of halogens is 1. The van der Waals surface area contributed by atoms with Crippen LogP contribution in [0.5, 0.6) is 0 Å². The molecule has 0 fully saturated rings. The number of anilines is 1. The summed E-state index contributed by atoms with van der Waals surface area (Å²) in [6.07, 6.45) is 1.54. The Kier molecular flexibility index (Phi) is 6.37. The summed E-state index contributed by atoms with van der Waals surface area (Å²) < 4.78 is 13.1. The van der Waals surface area contributed by atoms with Gasteiger partial charge in [0, 0.05) is 23.9 Å². The Morgan fingerprint density at radius 2 is 1.76 bits per heavy atom. The van der Waals surface area contributed by atoms with Crippen LogP contribution in [0.25, 0.3) is 10.9 Å². The average Bonchev–Trinajstić information content (AvgIpc) is 2.82. The van der Waals surface area contributed by atoms with Crippen LogP contribution >= 0.6 is 0 Å². The predicted molar refractivity (Wildman–Crippen MR) is 124 cm³/mol. The molecule has 0 spiro atoms. The lowest BCUT2D eigenvalue weighted by Gasteiger charge is -2.20. The number of aromatic nitrogens is 2. The van der Waals surface area contributed by atoms with Gasteiger partial charge in [-0.05, 0) is 47.5 Å². The third-order valence-corrected chi connectivity index (χ3v) is 5.36. The largest absolute Gasteiger partial charge is 0.366 e. The molecule has 1 heterocycles. The van der Waals surface area contributed by atoms with Gasteiger partial charge in [-0.15, -0.1) is 0 Å². The van der Waals surface area contributed by atoms with E-state index in [-0.39, 0.29) is 30.6 Å². The molecule has 0 aliphatic rings. The normalized spacial score (nSPS) is 11.8. The van der Waals surface area contributed by atoms with Gasteiger partial charge in [-0.2, -0.15) is 0 Å². The van der Waals surface area contributed by atoms with Crippen molar-refractivity contribution in [1.29, 1.82) is 0 Å². The first-order valence-electron chi connectivity index (χ1n) is 10.3. The van der Waals surface area contributed by atoms with Gasteiger partial charge in [-0.1, -0.05) is 30.3 Å². The lowest BCUT2D eigenvalue weighted by molar-refractivity contribution is 0.0988. The SMILES string of the molecule is NCC(Nc1ncnc2c(C(N)=O)cccc12)c1cccc(CC(=O)c2ccc(F)cc2)c1. The number of primary amides is 1. The van der Waals surface area contributed by atoms with Gasteiger partial charge in [0.15, 0.2) is 5.78 Å². The number of hydrogen-bond donors (Lipinski definition) is 3. The molecule has 8 heteroatoms. The van der Waals surface area contributed by atoms with Crippen LogP contribution in [0.1, 0.15) is 37.9 Å². The third-order valence-electron chi connectivity index (χ3n) is 5.36. The van der Waals surface area contributed by atoms with Crippen LogP contribution in [-0.4, -0.2) is 28.2 Å². The molecule has 0 radical (unpaired) electrons. The number of para-hydroxylation sites is 1. The number of nitrogens with two attached hydrogens (primary N) is 2. The molecular formula is C25H22FN5O2. The van der Waals surface area contributed by atoms with Crippen LogP contribution in [0.3, 0.4) is 0 Å². The molecule has 0 saturated carbocycles. The molecule has 166 valence electrons. The zero-order valence-electron chi connectivity index (χ0n) is 17.7.